The highest BCUT2D eigenvalue weighted by Gasteiger charge is 2.25. The third-order valence-electron chi connectivity index (χ3n) is 3.82. The third-order valence-corrected chi connectivity index (χ3v) is 3.82. The molecule has 0 radical (unpaired) electrons. The smallest absolute Gasteiger partial charge is 0.0471 e. The average Bonchev–Trinajstić information content (AvgIpc) is 3.15. The molecule has 0 atom stereocenters. The molecule has 0 amide bonds. The van der Waals surface area contributed by atoms with Crippen molar-refractivity contribution in [2.24, 2.45) is 0 Å². The molecule has 2 N–H and O–H groups in total. The van der Waals surface area contributed by atoms with Crippen LogP contribution in [0.25, 0.3) is 0 Å². The van der Waals surface area contributed by atoms with Crippen LogP contribution in [-0.2, 0) is 4.74 Å². The van der Waals surface area contributed by atoms with Crippen molar-refractivity contribution in [2.45, 2.75) is 37.5 Å². The Bertz CT molecular complexity index is 378. The second-order valence-electron chi connectivity index (χ2n) is 5.05. The largest absolute Gasteiger partial charge is 0.398 e. The van der Waals surface area contributed by atoms with Crippen LogP contribution < -0.4 is 5.73 Å². The summed E-state index contributed by atoms with van der Waals surface area (Å²) in [5.41, 5.74) is 9.93. The van der Waals surface area contributed by atoms with Crippen LogP contribution in [0.2, 0.25) is 0 Å². The van der Waals surface area contributed by atoms with Gasteiger partial charge in [-0.15, -0.1) is 0 Å². The summed E-state index contributed by atoms with van der Waals surface area (Å²) >= 11 is 0. The normalized spacial score (nSPS) is 22.2. The molecule has 2 aliphatic rings. The molecule has 1 saturated carbocycles. The van der Waals surface area contributed by atoms with Gasteiger partial charge in [0, 0.05) is 18.9 Å². The molecule has 86 valence electrons. The van der Waals surface area contributed by atoms with Gasteiger partial charge in [-0.3, -0.25) is 0 Å². The summed E-state index contributed by atoms with van der Waals surface area (Å²) in [6.07, 6.45) is 4.96. The van der Waals surface area contributed by atoms with Gasteiger partial charge in [-0.2, -0.15) is 0 Å². The average molecular weight is 217 g/mol. The molecule has 16 heavy (non-hydrogen) atoms. The maximum atomic E-state index is 6.10. The highest BCUT2D eigenvalue weighted by atomic mass is 16.5. The molecule has 0 bridgehead atoms. The van der Waals surface area contributed by atoms with Crippen LogP contribution in [0.3, 0.4) is 0 Å². The number of rotatable bonds is 2. The van der Waals surface area contributed by atoms with Crippen molar-refractivity contribution >= 4 is 5.69 Å². The maximum absolute atomic E-state index is 6.10. The third kappa shape index (κ3) is 1.94. The van der Waals surface area contributed by atoms with Crippen molar-refractivity contribution in [3.8, 4) is 0 Å². The number of anilines is 1. The van der Waals surface area contributed by atoms with Gasteiger partial charge in [-0.1, -0.05) is 12.1 Å². The first-order chi connectivity index (χ1) is 7.84. The Labute approximate surface area is 96.8 Å². The zero-order chi connectivity index (χ0) is 11.0. The van der Waals surface area contributed by atoms with E-state index in [1.54, 1.807) is 0 Å². The SMILES string of the molecule is Nc1ccc(C2CC2)cc1C1CCOCC1. The lowest BCUT2D eigenvalue weighted by Gasteiger charge is -2.24. The van der Waals surface area contributed by atoms with Crippen molar-refractivity contribution < 1.29 is 4.74 Å². The molecule has 2 heteroatoms. The lowest BCUT2D eigenvalue weighted by molar-refractivity contribution is 0.0854. The van der Waals surface area contributed by atoms with Crippen LogP contribution in [-0.4, -0.2) is 13.2 Å². The van der Waals surface area contributed by atoms with Crippen LogP contribution in [0.15, 0.2) is 18.2 Å². The molecule has 2 nitrogen and oxygen atoms in total. The van der Waals surface area contributed by atoms with Crippen LogP contribution >= 0.6 is 0 Å². The van der Waals surface area contributed by atoms with Crippen molar-refractivity contribution in [1.82, 2.24) is 0 Å². The van der Waals surface area contributed by atoms with Crippen LogP contribution in [0, 0.1) is 0 Å². The first-order valence-electron chi connectivity index (χ1n) is 6.31. The second kappa shape index (κ2) is 4.10. The van der Waals surface area contributed by atoms with E-state index >= 15 is 0 Å². The molecule has 0 aromatic heterocycles. The van der Waals surface area contributed by atoms with Gasteiger partial charge in [0.1, 0.15) is 0 Å². The monoisotopic (exact) mass is 217 g/mol. The van der Waals surface area contributed by atoms with E-state index in [-0.39, 0.29) is 0 Å². The summed E-state index contributed by atoms with van der Waals surface area (Å²) in [6, 6.07) is 6.65. The van der Waals surface area contributed by atoms with Gasteiger partial charge in [0.2, 0.25) is 0 Å². The lowest BCUT2D eigenvalue weighted by Crippen LogP contribution is -2.15. The quantitative estimate of drug-likeness (QED) is 0.773. The Balaban J connectivity index is 1.88. The standard InChI is InChI=1S/C14H19NO/c15-14-4-3-12(10-1-2-10)9-13(14)11-5-7-16-8-6-11/h3-4,9-11H,1-2,5-8,15H2. The van der Waals surface area contributed by atoms with Crippen molar-refractivity contribution in [3.63, 3.8) is 0 Å². The first-order valence-corrected chi connectivity index (χ1v) is 6.31. The summed E-state index contributed by atoms with van der Waals surface area (Å²) in [5.74, 6) is 1.44. The molecule has 1 heterocycles. The minimum atomic E-state index is 0.618. The van der Waals surface area contributed by atoms with Gasteiger partial charge in [0.25, 0.3) is 0 Å². The van der Waals surface area contributed by atoms with Crippen molar-refractivity contribution in [3.05, 3.63) is 29.3 Å². The number of nitrogen functional groups attached to an aromatic ring is 1. The first kappa shape index (κ1) is 10.2. The van der Waals surface area contributed by atoms with Crippen LogP contribution in [0.1, 0.15) is 48.6 Å². The fraction of sp³-hybridized carbons (Fsp3) is 0.571. The molecule has 1 aromatic carbocycles. The molecular weight excluding hydrogens is 198 g/mol. The zero-order valence-corrected chi connectivity index (χ0v) is 9.61. The number of benzene rings is 1. The minimum Gasteiger partial charge on any atom is -0.398 e. The molecule has 0 unspecified atom stereocenters. The van der Waals surface area contributed by atoms with Gasteiger partial charge < -0.3 is 10.5 Å². The predicted molar refractivity (Wildman–Crippen MR) is 65.6 cm³/mol. The lowest BCUT2D eigenvalue weighted by atomic mass is 9.89. The van der Waals surface area contributed by atoms with E-state index in [0.717, 1.165) is 37.7 Å². The Kier molecular flexibility index (Phi) is 2.60. The molecule has 1 aliphatic carbocycles. The Morgan fingerprint density at radius 2 is 1.75 bits per heavy atom. The molecule has 1 saturated heterocycles. The van der Waals surface area contributed by atoms with Crippen LogP contribution in [0.4, 0.5) is 5.69 Å². The zero-order valence-electron chi connectivity index (χ0n) is 9.61. The van der Waals surface area contributed by atoms with E-state index in [0.29, 0.717) is 5.92 Å². The molecular formula is C14H19NO. The fourth-order valence-corrected chi connectivity index (χ4v) is 2.63. The number of hydrogen-bond acceptors (Lipinski definition) is 2. The molecule has 2 fully saturated rings. The topological polar surface area (TPSA) is 35.2 Å². The Morgan fingerprint density at radius 3 is 2.44 bits per heavy atom. The van der Waals surface area contributed by atoms with Gasteiger partial charge >= 0.3 is 0 Å². The van der Waals surface area contributed by atoms with E-state index in [2.05, 4.69) is 18.2 Å². The van der Waals surface area contributed by atoms with E-state index in [1.807, 2.05) is 0 Å². The summed E-state index contributed by atoms with van der Waals surface area (Å²) < 4.78 is 5.41. The Hall–Kier alpha value is -1.02. The van der Waals surface area contributed by atoms with Crippen molar-refractivity contribution in [1.29, 1.82) is 0 Å². The second-order valence-corrected chi connectivity index (χ2v) is 5.05. The molecule has 1 aliphatic heterocycles. The molecule has 3 rings (SSSR count). The summed E-state index contributed by atoms with van der Waals surface area (Å²) in [7, 11) is 0. The Morgan fingerprint density at radius 1 is 1.00 bits per heavy atom. The minimum absolute atomic E-state index is 0.618. The number of ether oxygens (including phenoxy) is 1. The van der Waals surface area contributed by atoms with Gasteiger partial charge in [-0.05, 0) is 54.7 Å². The summed E-state index contributed by atoms with van der Waals surface area (Å²) in [6.45, 7) is 1.77. The summed E-state index contributed by atoms with van der Waals surface area (Å²) in [5, 5.41) is 0. The maximum Gasteiger partial charge on any atom is 0.0471 e. The van der Waals surface area contributed by atoms with E-state index in [1.165, 1.54) is 24.0 Å². The van der Waals surface area contributed by atoms with E-state index < -0.39 is 0 Å². The molecule has 0 spiro atoms. The van der Waals surface area contributed by atoms with E-state index in [4.69, 9.17) is 10.5 Å². The highest BCUT2D eigenvalue weighted by molar-refractivity contribution is 5.51. The summed E-state index contributed by atoms with van der Waals surface area (Å²) in [4.78, 5) is 0. The van der Waals surface area contributed by atoms with Gasteiger partial charge in [0.05, 0.1) is 0 Å². The van der Waals surface area contributed by atoms with E-state index in [9.17, 15) is 0 Å². The van der Waals surface area contributed by atoms with Gasteiger partial charge in [-0.25, -0.2) is 0 Å². The number of hydrogen-bond donors (Lipinski definition) is 1. The van der Waals surface area contributed by atoms with Crippen molar-refractivity contribution in [2.75, 3.05) is 18.9 Å². The number of nitrogens with two attached hydrogens (primary N) is 1. The highest BCUT2D eigenvalue weighted by Crippen LogP contribution is 2.42. The predicted octanol–water partition coefficient (Wildman–Crippen LogP) is 3.04. The van der Waals surface area contributed by atoms with Gasteiger partial charge in [0.15, 0.2) is 0 Å². The fourth-order valence-electron chi connectivity index (χ4n) is 2.63. The molecule has 1 aromatic rings. The van der Waals surface area contributed by atoms with Crippen LogP contribution in [0.5, 0.6) is 0 Å².